The molecule has 2 aromatic rings. The van der Waals surface area contributed by atoms with Gasteiger partial charge in [-0.15, -0.1) is 0 Å². The second-order valence-electron chi connectivity index (χ2n) is 7.03. The van der Waals surface area contributed by atoms with Crippen LogP contribution < -0.4 is 5.32 Å². The minimum Gasteiger partial charge on any atom is -0.326 e. The highest BCUT2D eigenvalue weighted by Gasteiger charge is 2.44. The van der Waals surface area contributed by atoms with Crippen LogP contribution in [0.25, 0.3) is 0 Å². The van der Waals surface area contributed by atoms with E-state index in [1.807, 2.05) is 31.2 Å². The number of benzene rings is 2. The maximum Gasteiger partial charge on any atom is 0.272 e. The molecule has 2 aliphatic rings. The minimum absolute atomic E-state index is 0.194. The lowest BCUT2D eigenvalue weighted by molar-refractivity contribution is -0.115. The molecule has 7 heteroatoms. The summed E-state index contributed by atoms with van der Waals surface area (Å²) in [4.78, 5) is 17.5. The van der Waals surface area contributed by atoms with Crippen molar-refractivity contribution in [3.05, 3.63) is 65.7 Å². The molecule has 4 rings (SSSR count). The smallest absolute Gasteiger partial charge is 0.272 e. The zero-order valence-corrected chi connectivity index (χ0v) is 15.9. The number of carbonyl (C=O) groups excluding carboxylic acids is 1. The van der Waals surface area contributed by atoms with Gasteiger partial charge in [0.05, 0.1) is 4.90 Å². The predicted octanol–water partition coefficient (Wildman–Crippen LogP) is 2.09. The van der Waals surface area contributed by atoms with E-state index in [-0.39, 0.29) is 5.91 Å². The number of aliphatic imine (C=N–C) groups is 1. The highest BCUT2D eigenvalue weighted by atomic mass is 32.2. The van der Waals surface area contributed by atoms with Crippen LogP contribution in [0, 0.1) is 6.92 Å². The molecule has 2 aromatic carbocycles. The van der Waals surface area contributed by atoms with Crippen LogP contribution in [0.3, 0.4) is 0 Å². The first-order valence-corrected chi connectivity index (χ1v) is 10.4. The molecule has 0 unspecified atom stereocenters. The number of sulfonamides is 1. The number of carbonyl (C=O) groups is 1. The quantitative estimate of drug-likeness (QED) is 0.882. The summed E-state index contributed by atoms with van der Waals surface area (Å²) in [5.74, 6) is -0.194. The molecule has 1 saturated heterocycles. The monoisotopic (exact) mass is 383 g/mol. The molecule has 0 radical (unpaired) electrons. The van der Waals surface area contributed by atoms with E-state index in [2.05, 4.69) is 5.32 Å². The van der Waals surface area contributed by atoms with Crippen LogP contribution >= 0.6 is 0 Å². The second kappa shape index (κ2) is 6.58. The molecule has 0 atom stereocenters. The summed E-state index contributed by atoms with van der Waals surface area (Å²) in [7, 11) is -3.52. The Hall–Kier alpha value is -2.51. The zero-order chi connectivity index (χ0) is 19.1. The first-order valence-electron chi connectivity index (χ1n) is 8.94. The average molecular weight is 383 g/mol. The lowest BCUT2D eigenvalue weighted by atomic mass is 10.00. The summed E-state index contributed by atoms with van der Waals surface area (Å²) in [6.07, 6.45) is 0.917. The standard InChI is InChI=1S/C20H21N3O3S/c1-15-6-5-7-16(14-15)18-19(24)22-20(21-18)10-12-23(13-11-20)27(25,26)17-8-3-2-4-9-17/h2-9,14H,10-13H2,1H3,(H,22,24). The molecule has 2 heterocycles. The summed E-state index contributed by atoms with van der Waals surface area (Å²) >= 11 is 0. The Labute approximate surface area is 159 Å². The van der Waals surface area contributed by atoms with E-state index >= 15 is 0 Å². The van der Waals surface area contributed by atoms with Crippen LogP contribution in [0.1, 0.15) is 24.0 Å². The highest BCUT2D eigenvalue weighted by Crippen LogP contribution is 2.31. The third-order valence-corrected chi connectivity index (χ3v) is 7.02. The Balaban J connectivity index is 1.55. The van der Waals surface area contributed by atoms with Gasteiger partial charge < -0.3 is 5.32 Å². The van der Waals surface area contributed by atoms with Crippen LogP contribution in [0.2, 0.25) is 0 Å². The SMILES string of the molecule is Cc1cccc(C2=NC3(CCN(S(=O)(=O)c4ccccc4)CC3)NC2=O)c1. The topological polar surface area (TPSA) is 78.8 Å². The molecule has 1 spiro atoms. The molecular weight excluding hydrogens is 362 g/mol. The second-order valence-corrected chi connectivity index (χ2v) is 8.97. The molecule has 2 aliphatic heterocycles. The summed E-state index contributed by atoms with van der Waals surface area (Å²) in [5.41, 5.74) is 1.58. The summed E-state index contributed by atoms with van der Waals surface area (Å²) in [6.45, 7) is 2.61. The molecule has 140 valence electrons. The molecule has 1 N–H and O–H groups in total. The van der Waals surface area contributed by atoms with Gasteiger partial charge in [-0.05, 0) is 25.1 Å². The van der Waals surface area contributed by atoms with Gasteiger partial charge in [0.25, 0.3) is 5.91 Å². The fraction of sp³-hybridized carbons (Fsp3) is 0.300. The van der Waals surface area contributed by atoms with E-state index in [4.69, 9.17) is 4.99 Å². The van der Waals surface area contributed by atoms with Crippen molar-refractivity contribution in [1.29, 1.82) is 0 Å². The van der Waals surface area contributed by atoms with E-state index in [0.717, 1.165) is 11.1 Å². The lowest BCUT2D eigenvalue weighted by Crippen LogP contribution is -2.52. The predicted molar refractivity (Wildman–Crippen MR) is 103 cm³/mol. The van der Waals surface area contributed by atoms with Gasteiger partial charge in [-0.3, -0.25) is 9.79 Å². The average Bonchev–Trinajstić information content (AvgIpc) is 2.99. The number of hydrogen-bond donors (Lipinski definition) is 1. The van der Waals surface area contributed by atoms with Gasteiger partial charge in [0.2, 0.25) is 10.0 Å². The van der Waals surface area contributed by atoms with Gasteiger partial charge in [0.15, 0.2) is 0 Å². The van der Waals surface area contributed by atoms with Crippen LogP contribution in [-0.4, -0.2) is 43.1 Å². The molecule has 0 aliphatic carbocycles. The maximum absolute atomic E-state index is 12.8. The van der Waals surface area contributed by atoms with E-state index < -0.39 is 15.7 Å². The number of hydrogen-bond acceptors (Lipinski definition) is 4. The summed E-state index contributed by atoms with van der Waals surface area (Å²) < 4.78 is 27.0. The fourth-order valence-corrected chi connectivity index (χ4v) is 5.09. The van der Waals surface area contributed by atoms with Gasteiger partial charge in [-0.25, -0.2) is 8.42 Å². The number of nitrogens with zero attached hydrogens (tertiary/aromatic N) is 2. The van der Waals surface area contributed by atoms with Gasteiger partial charge in [0, 0.05) is 31.5 Å². The first kappa shape index (κ1) is 17.9. The van der Waals surface area contributed by atoms with Crippen molar-refractivity contribution in [2.75, 3.05) is 13.1 Å². The molecule has 6 nitrogen and oxygen atoms in total. The van der Waals surface area contributed by atoms with Gasteiger partial charge in [-0.1, -0.05) is 42.0 Å². The Bertz CT molecular complexity index is 1010. The number of rotatable bonds is 3. The molecule has 0 saturated carbocycles. The third-order valence-electron chi connectivity index (χ3n) is 5.11. The van der Waals surface area contributed by atoms with Crippen LogP contribution in [-0.2, 0) is 14.8 Å². The van der Waals surface area contributed by atoms with Crippen molar-refractivity contribution >= 4 is 21.6 Å². The molecule has 27 heavy (non-hydrogen) atoms. The minimum atomic E-state index is -3.52. The van der Waals surface area contributed by atoms with E-state index in [1.54, 1.807) is 30.3 Å². The van der Waals surface area contributed by atoms with Gasteiger partial charge >= 0.3 is 0 Å². The first-order chi connectivity index (χ1) is 12.9. The summed E-state index contributed by atoms with van der Waals surface area (Å²) in [5, 5.41) is 2.98. The zero-order valence-electron chi connectivity index (χ0n) is 15.1. The number of amides is 1. The molecular formula is C20H21N3O3S. The molecule has 0 aromatic heterocycles. The van der Waals surface area contributed by atoms with E-state index in [0.29, 0.717) is 36.5 Å². The van der Waals surface area contributed by atoms with Crippen molar-refractivity contribution in [2.45, 2.75) is 30.3 Å². The molecule has 1 amide bonds. The number of nitrogens with one attached hydrogen (secondary N) is 1. The normalized spacial score (nSPS) is 19.7. The van der Waals surface area contributed by atoms with Crippen LogP contribution in [0.15, 0.2) is 64.5 Å². The number of aryl methyl sites for hydroxylation is 1. The van der Waals surface area contributed by atoms with E-state index in [1.165, 1.54) is 4.31 Å². The third kappa shape index (κ3) is 3.28. The Morgan fingerprint density at radius 2 is 1.74 bits per heavy atom. The largest absolute Gasteiger partial charge is 0.326 e. The summed E-state index contributed by atoms with van der Waals surface area (Å²) in [6, 6.07) is 16.1. The van der Waals surface area contributed by atoms with Crippen molar-refractivity contribution in [3.8, 4) is 0 Å². The van der Waals surface area contributed by atoms with Crippen LogP contribution in [0.5, 0.6) is 0 Å². The van der Waals surface area contributed by atoms with Gasteiger partial charge in [-0.2, -0.15) is 4.31 Å². The van der Waals surface area contributed by atoms with Crippen molar-refractivity contribution in [2.24, 2.45) is 4.99 Å². The van der Waals surface area contributed by atoms with Crippen molar-refractivity contribution < 1.29 is 13.2 Å². The highest BCUT2D eigenvalue weighted by molar-refractivity contribution is 7.89. The Morgan fingerprint density at radius 1 is 1.04 bits per heavy atom. The lowest BCUT2D eigenvalue weighted by Gasteiger charge is -2.36. The molecule has 1 fully saturated rings. The fourth-order valence-electron chi connectivity index (χ4n) is 3.63. The van der Waals surface area contributed by atoms with Gasteiger partial charge in [0.1, 0.15) is 11.4 Å². The van der Waals surface area contributed by atoms with E-state index in [9.17, 15) is 13.2 Å². The number of piperidine rings is 1. The maximum atomic E-state index is 12.8. The molecule has 0 bridgehead atoms. The van der Waals surface area contributed by atoms with Crippen molar-refractivity contribution in [3.63, 3.8) is 0 Å². The van der Waals surface area contributed by atoms with Crippen LogP contribution in [0.4, 0.5) is 0 Å². The Kier molecular flexibility index (Phi) is 4.36. The van der Waals surface area contributed by atoms with Crippen molar-refractivity contribution in [1.82, 2.24) is 9.62 Å². The Morgan fingerprint density at radius 3 is 2.41 bits per heavy atom.